The van der Waals surface area contributed by atoms with E-state index in [4.69, 9.17) is 0 Å². The van der Waals surface area contributed by atoms with Crippen molar-refractivity contribution in [2.75, 3.05) is 16.9 Å². The second-order valence-corrected chi connectivity index (χ2v) is 5.99. The lowest BCUT2D eigenvalue weighted by atomic mass is 10.3. The molecule has 0 unspecified atom stereocenters. The Kier molecular flexibility index (Phi) is 3.05. The van der Waals surface area contributed by atoms with Gasteiger partial charge in [0.05, 0.1) is 15.5 Å². The van der Waals surface area contributed by atoms with Gasteiger partial charge in [0.15, 0.2) is 0 Å². The first-order valence-corrected chi connectivity index (χ1v) is 7.45. The van der Waals surface area contributed by atoms with E-state index in [-0.39, 0.29) is 11.8 Å². The Morgan fingerprint density at radius 2 is 1.50 bits per heavy atom. The summed E-state index contributed by atoms with van der Waals surface area (Å²) in [6, 6.07) is 9.22. The van der Waals surface area contributed by atoms with Crippen LogP contribution in [0.5, 0.6) is 0 Å². The fourth-order valence-electron chi connectivity index (χ4n) is 1.77. The molecule has 4 nitrogen and oxygen atoms in total. The van der Waals surface area contributed by atoms with Crippen LogP contribution in [0.25, 0.3) is 0 Å². The van der Waals surface area contributed by atoms with Crippen LogP contribution < -0.4 is 5.43 Å². The Balaban J connectivity index is 1.84. The summed E-state index contributed by atoms with van der Waals surface area (Å²) < 4.78 is 0. The average Bonchev–Trinajstić information content (AvgIpc) is 2.66. The number of hydrogen-bond donors (Lipinski definition) is 1. The van der Waals surface area contributed by atoms with E-state index in [1.165, 1.54) is 23.5 Å². The number of para-hydroxylation sites is 1. The highest BCUT2D eigenvalue weighted by Crippen LogP contribution is 2.40. The van der Waals surface area contributed by atoms with E-state index in [0.717, 1.165) is 22.2 Å². The summed E-state index contributed by atoms with van der Waals surface area (Å²) in [5, 5.41) is 1.10. The molecule has 1 N–H and O–H groups in total. The van der Waals surface area contributed by atoms with E-state index < -0.39 is 0 Å². The van der Waals surface area contributed by atoms with Gasteiger partial charge in [-0.05, 0) is 12.1 Å². The number of amides is 2. The number of hydrazine groups is 1. The molecule has 1 aromatic carbocycles. The van der Waals surface area contributed by atoms with Gasteiger partial charge < -0.3 is 0 Å². The number of nitrogens with one attached hydrogen (secondary N) is 1. The molecule has 0 spiro atoms. The van der Waals surface area contributed by atoms with E-state index in [1.807, 2.05) is 30.3 Å². The predicted molar refractivity (Wildman–Crippen MR) is 73.9 cm³/mol. The maximum Gasteiger partial charge on any atom is 0.287 e. The largest absolute Gasteiger partial charge is 0.288 e. The molecule has 18 heavy (non-hydrogen) atoms. The van der Waals surface area contributed by atoms with Crippen molar-refractivity contribution in [3.8, 4) is 0 Å². The molecule has 2 aliphatic heterocycles. The first kappa shape index (κ1) is 11.7. The van der Waals surface area contributed by atoms with Crippen LogP contribution in [0.4, 0.5) is 5.69 Å². The first-order valence-electron chi connectivity index (χ1n) is 5.48. The number of hydrogen-bond acceptors (Lipinski definition) is 5. The second-order valence-electron chi connectivity index (χ2n) is 3.78. The Bertz CT molecular complexity index is 514. The molecule has 6 heteroatoms. The van der Waals surface area contributed by atoms with Crippen molar-refractivity contribution in [1.29, 1.82) is 0 Å². The van der Waals surface area contributed by atoms with Crippen LogP contribution in [-0.4, -0.2) is 28.3 Å². The molecule has 92 valence electrons. The van der Waals surface area contributed by atoms with E-state index in [0.29, 0.717) is 9.81 Å². The Hall–Kier alpha value is -1.40. The van der Waals surface area contributed by atoms with Gasteiger partial charge in [0.1, 0.15) is 0 Å². The summed E-state index contributed by atoms with van der Waals surface area (Å²) in [7, 11) is 0. The zero-order valence-electron chi connectivity index (χ0n) is 9.38. The Morgan fingerprint density at radius 3 is 2.06 bits per heavy atom. The SMILES string of the molecule is O=C1C2=C(SCCS2)C(=O)N1Nc1ccccc1. The van der Waals surface area contributed by atoms with Gasteiger partial charge in [-0.25, -0.2) is 0 Å². The molecule has 0 saturated heterocycles. The summed E-state index contributed by atoms with van der Waals surface area (Å²) >= 11 is 2.93. The number of anilines is 1. The van der Waals surface area contributed by atoms with Gasteiger partial charge in [0, 0.05) is 11.5 Å². The van der Waals surface area contributed by atoms with Crippen molar-refractivity contribution in [2.45, 2.75) is 0 Å². The molecule has 2 amide bonds. The van der Waals surface area contributed by atoms with Gasteiger partial charge in [-0.15, -0.1) is 23.5 Å². The summed E-state index contributed by atoms with van der Waals surface area (Å²) in [5.74, 6) is 1.27. The van der Waals surface area contributed by atoms with Crippen LogP contribution in [0, 0.1) is 0 Å². The molecule has 2 heterocycles. The van der Waals surface area contributed by atoms with Crippen LogP contribution in [-0.2, 0) is 9.59 Å². The molecule has 0 bridgehead atoms. The summed E-state index contributed by atoms with van der Waals surface area (Å²) in [5.41, 5.74) is 3.59. The van der Waals surface area contributed by atoms with Crippen molar-refractivity contribution in [1.82, 2.24) is 5.01 Å². The molecule has 2 aliphatic rings. The summed E-state index contributed by atoms with van der Waals surface area (Å²) in [6.45, 7) is 0. The normalized spacial score (nSPS) is 19.2. The van der Waals surface area contributed by atoms with E-state index >= 15 is 0 Å². The smallest absolute Gasteiger partial charge is 0.287 e. The molecular formula is C12H10N2O2S2. The molecule has 0 fully saturated rings. The van der Waals surface area contributed by atoms with Gasteiger partial charge in [-0.1, -0.05) is 18.2 Å². The van der Waals surface area contributed by atoms with Gasteiger partial charge in [-0.3, -0.25) is 15.0 Å². The Labute approximate surface area is 113 Å². The highest BCUT2D eigenvalue weighted by atomic mass is 32.2. The molecule has 3 rings (SSSR count). The van der Waals surface area contributed by atoms with E-state index in [1.54, 1.807) is 0 Å². The minimum Gasteiger partial charge on any atom is -0.288 e. The highest BCUT2D eigenvalue weighted by molar-refractivity contribution is 8.11. The first-order chi connectivity index (χ1) is 8.77. The maximum atomic E-state index is 12.1. The van der Waals surface area contributed by atoms with Gasteiger partial charge in [0.2, 0.25) is 0 Å². The van der Waals surface area contributed by atoms with Gasteiger partial charge in [0.25, 0.3) is 11.8 Å². The molecule has 0 aromatic heterocycles. The van der Waals surface area contributed by atoms with Crippen molar-refractivity contribution in [3.05, 3.63) is 40.1 Å². The minimum atomic E-state index is -0.240. The van der Waals surface area contributed by atoms with Crippen LogP contribution >= 0.6 is 23.5 Å². The molecule has 0 radical (unpaired) electrons. The van der Waals surface area contributed by atoms with Crippen molar-refractivity contribution in [3.63, 3.8) is 0 Å². The van der Waals surface area contributed by atoms with Crippen LogP contribution in [0.3, 0.4) is 0 Å². The number of benzene rings is 1. The lowest BCUT2D eigenvalue weighted by Crippen LogP contribution is -2.36. The third-order valence-corrected chi connectivity index (χ3v) is 5.13. The monoisotopic (exact) mass is 278 g/mol. The third-order valence-electron chi connectivity index (χ3n) is 2.59. The Morgan fingerprint density at radius 1 is 0.944 bits per heavy atom. The zero-order chi connectivity index (χ0) is 12.5. The van der Waals surface area contributed by atoms with Gasteiger partial charge >= 0.3 is 0 Å². The standard InChI is InChI=1S/C12H10N2O2S2/c15-11-9-10(18-7-6-17-9)12(16)14(11)13-8-4-2-1-3-5-8/h1-5,13H,6-7H2. The number of thioether (sulfide) groups is 2. The number of carbonyl (C=O) groups excluding carboxylic acids is 2. The number of nitrogens with zero attached hydrogens (tertiary/aromatic N) is 1. The third kappa shape index (κ3) is 1.91. The van der Waals surface area contributed by atoms with Crippen molar-refractivity contribution in [2.24, 2.45) is 0 Å². The number of rotatable bonds is 2. The second kappa shape index (κ2) is 4.70. The lowest BCUT2D eigenvalue weighted by Gasteiger charge is -2.16. The molecule has 1 aromatic rings. The van der Waals surface area contributed by atoms with Crippen LogP contribution in [0.1, 0.15) is 0 Å². The number of imide groups is 1. The zero-order valence-corrected chi connectivity index (χ0v) is 11.0. The molecule has 0 atom stereocenters. The minimum absolute atomic E-state index is 0.240. The van der Waals surface area contributed by atoms with Crippen LogP contribution in [0.15, 0.2) is 40.1 Å². The van der Waals surface area contributed by atoms with Crippen LogP contribution in [0.2, 0.25) is 0 Å². The fourth-order valence-corrected chi connectivity index (χ4v) is 4.07. The van der Waals surface area contributed by atoms with Gasteiger partial charge in [-0.2, -0.15) is 5.01 Å². The van der Waals surface area contributed by atoms with E-state index in [9.17, 15) is 9.59 Å². The quantitative estimate of drug-likeness (QED) is 0.839. The average molecular weight is 278 g/mol. The molecule has 0 saturated carbocycles. The van der Waals surface area contributed by atoms with Crippen molar-refractivity contribution >= 4 is 41.0 Å². The van der Waals surface area contributed by atoms with E-state index in [2.05, 4.69) is 5.43 Å². The maximum absolute atomic E-state index is 12.1. The molecule has 0 aliphatic carbocycles. The number of carbonyl (C=O) groups is 2. The topological polar surface area (TPSA) is 49.4 Å². The highest BCUT2D eigenvalue weighted by Gasteiger charge is 2.40. The van der Waals surface area contributed by atoms with Crippen molar-refractivity contribution < 1.29 is 9.59 Å². The predicted octanol–water partition coefficient (Wildman–Crippen LogP) is 2.07. The lowest BCUT2D eigenvalue weighted by molar-refractivity contribution is -0.135. The summed E-state index contributed by atoms with van der Waals surface area (Å²) in [6.07, 6.45) is 0. The summed E-state index contributed by atoms with van der Waals surface area (Å²) in [4.78, 5) is 25.4. The fraction of sp³-hybridized carbons (Fsp3) is 0.167. The molecular weight excluding hydrogens is 268 g/mol.